The van der Waals surface area contributed by atoms with Crippen LogP contribution in [0.4, 0.5) is 0 Å². The average molecular weight is 327 g/mol. The van der Waals surface area contributed by atoms with Crippen molar-refractivity contribution < 1.29 is 19.2 Å². The Balaban J connectivity index is 2.04. The van der Waals surface area contributed by atoms with E-state index >= 15 is 0 Å². The molecule has 1 N–H and O–H groups in total. The molecule has 0 aromatic heterocycles. The molecule has 1 aliphatic carbocycles. The second kappa shape index (κ2) is 6.30. The number of fused-ring (bicyclic) bond motifs is 1. The monoisotopic (exact) mass is 327 g/mol. The number of carbonyl (C=O) groups is 4. The van der Waals surface area contributed by atoms with Gasteiger partial charge in [-0.1, -0.05) is 32.0 Å². The zero-order chi connectivity index (χ0) is 17.4. The minimum Gasteiger partial charge on any atom is -0.296 e. The van der Waals surface area contributed by atoms with Crippen LogP contribution in [0.25, 0.3) is 0 Å². The highest BCUT2D eigenvalue weighted by molar-refractivity contribution is 6.13. The number of piperidine rings is 1. The van der Waals surface area contributed by atoms with E-state index in [1.165, 1.54) is 0 Å². The molecule has 1 aromatic rings. The van der Waals surface area contributed by atoms with Crippen molar-refractivity contribution in [2.45, 2.75) is 45.4 Å². The van der Waals surface area contributed by atoms with E-state index in [1.54, 1.807) is 6.07 Å². The summed E-state index contributed by atoms with van der Waals surface area (Å²) < 4.78 is 0. The molecule has 0 bridgehead atoms. The first-order valence-corrected chi connectivity index (χ1v) is 8.44. The summed E-state index contributed by atoms with van der Waals surface area (Å²) >= 11 is 0. The summed E-state index contributed by atoms with van der Waals surface area (Å²) in [4.78, 5) is 49.3. The molecule has 1 heterocycles. The van der Waals surface area contributed by atoms with Crippen LogP contribution >= 0.6 is 0 Å². The summed E-state index contributed by atoms with van der Waals surface area (Å²) in [5.41, 5.74) is 1.80. The summed E-state index contributed by atoms with van der Waals surface area (Å²) in [5.74, 6) is -1.82. The van der Waals surface area contributed by atoms with Gasteiger partial charge in [0.05, 0.1) is 0 Å². The Morgan fingerprint density at radius 1 is 1.00 bits per heavy atom. The van der Waals surface area contributed by atoms with E-state index in [0.717, 1.165) is 5.56 Å². The number of hydrogen-bond acceptors (Lipinski definition) is 4. The van der Waals surface area contributed by atoms with Crippen LogP contribution in [0.2, 0.25) is 0 Å². The highest BCUT2D eigenvalue weighted by atomic mass is 16.2. The van der Waals surface area contributed by atoms with Crippen molar-refractivity contribution >= 4 is 23.4 Å². The van der Waals surface area contributed by atoms with Gasteiger partial charge in [0, 0.05) is 35.8 Å². The summed E-state index contributed by atoms with van der Waals surface area (Å²) in [5, 5.41) is 2.33. The van der Waals surface area contributed by atoms with Gasteiger partial charge < -0.3 is 0 Å². The van der Waals surface area contributed by atoms with Crippen LogP contribution in [-0.2, 0) is 9.59 Å². The fourth-order valence-corrected chi connectivity index (χ4v) is 3.77. The van der Waals surface area contributed by atoms with Crippen LogP contribution < -0.4 is 5.32 Å². The SMILES string of the molecule is CC(C)c1cccc2c1C(=O)C(C1CCC(=O)NC1=O)CCC2=O. The summed E-state index contributed by atoms with van der Waals surface area (Å²) in [7, 11) is 0. The lowest BCUT2D eigenvalue weighted by molar-refractivity contribution is -0.137. The number of imide groups is 1. The van der Waals surface area contributed by atoms with E-state index in [4.69, 9.17) is 0 Å². The number of Topliss-reactive ketones (excluding diaryl/α,β-unsaturated/α-hetero) is 2. The predicted octanol–water partition coefficient (Wildman–Crippen LogP) is 2.64. The molecule has 24 heavy (non-hydrogen) atoms. The van der Waals surface area contributed by atoms with Crippen LogP contribution in [0.15, 0.2) is 18.2 Å². The number of nitrogens with one attached hydrogen (secondary N) is 1. The van der Waals surface area contributed by atoms with Gasteiger partial charge in [0.15, 0.2) is 11.6 Å². The quantitative estimate of drug-likeness (QED) is 0.669. The smallest absolute Gasteiger partial charge is 0.230 e. The summed E-state index contributed by atoms with van der Waals surface area (Å²) in [6.07, 6.45) is 1.22. The average Bonchev–Trinajstić information content (AvgIpc) is 2.66. The lowest BCUT2D eigenvalue weighted by Gasteiger charge is -2.27. The molecule has 1 saturated heterocycles. The number of carbonyl (C=O) groups excluding carboxylic acids is 4. The van der Waals surface area contributed by atoms with Gasteiger partial charge in [0.25, 0.3) is 0 Å². The molecule has 1 fully saturated rings. The maximum absolute atomic E-state index is 13.2. The highest BCUT2D eigenvalue weighted by Crippen LogP contribution is 2.36. The van der Waals surface area contributed by atoms with E-state index in [-0.39, 0.29) is 42.1 Å². The predicted molar refractivity (Wildman–Crippen MR) is 87.8 cm³/mol. The number of ketones is 2. The van der Waals surface area contributed by atoms with Crippen molar-refractivity contribution in [1.82, 2.24) is 5.32 Å². The molecule has 1 aliphatic heterocycles. The number of amides is 2. The maximum atomic E-state index is 13.2. The van der Waals surface area contributed by atoms with Gasteiger partial charge in [-0.05, 0) is 24.3 Å². The Labute approximate surface area is 140 Å². The first kappa shape index (κ1) is 16.6. The van der Waals surface area contributed by atoms with E-state index in [1.807, 2.05) is 26.0 Å². The second-order valence-corrected chi connectivity index (χ2v) is 6.91. The van der Waals surface area contributed by atoms with Crippen molar-refractivity contribution in [3.05, 3.63) is 34.9 Å². The Bertz CT molecular complexity index is 735. The maximum Gasteiger partial charge on any atom is 0.230 e. The lowest BCUT2D eigenvalue weighted by atomic mass is 9.77. The van der Waals surface area contributed by atoms with Gasteiger partial charge in [0.1, 0.15) is 0 Å². The molecule has 2 unspecified atom stereocenters. The third-order valence-electron chi connectivity index (χ3n) is 5.05. The molecular weight excluding hydrogens is 306 g/mol. The van der Waals surface area contributed by atoms with Crippen LogP contribution in [0, 0.1) is 11.8 Å². The van der Waals surface area contributed by atoms with E-state index in [2.05, 4.69) is 5.32 Å². The fraction of sp³-hybridized carbons (Fsp3) is 0.474. The first-order chi connectivity index (χ1) is 11.4. The Kier molecular flexibility index (Phi) is 4.35. The molecule has 2 amide bonds. The molecule has 5 nitrogen and oxygen atoms in total. The molecule has 1 aromatic carbocycles. The molecule has 2 aliphatic rings. The third kappa shape index (κ3) is 2.79. The largest absolute Gasteiger partial charge is 0.296 e. The minimum atomic E-state index is -0.539. The van der Waals surface area contributed by atoms with E-state index < -0.39 is 11.8 Å². The van der Waals surface area contributed by atoms with Crippen LogP contribution in [0.5, 0.6) is 0 Å². The second-order valence-electron chi connectivity index (χ2n) is 6.91. The molecule has 2 atom stereocenters. The summed E-state index contributed by atoms with van der Waals surface area (Å²) in [6.45, 7) is 3.97. The Morgan fingerprint density at radius 2 is 1.71 bits per heavy atom. The molecule has 3 rings (SSSR count). The van der Waals surface area contributed by atoms with Crippen molar-refractivity contribution in [3.8, 4) is 0 Å². The normalized spacial score (nSPS) is 24.6. The molecule has 126 valence electrons. The Morgan fingerprint density at radius 3 is 2.38 bits per heavy atom. The van der Waals surface area contributed by atoms with Crippen LogP contribution in [0.3, 0.4) is 0 Å². The third-order valence-corrected chi connectivity index (χ3v) is 5.05. The number of benzene rings is 1. The van der Waals surface area contributed by atoms with Crippen LogP contribution in [0.1, 0.15) is 71.7 Å². The van der Waals surface area contributed by atoms with Gasteiger partial charge in [-0.15, -0.1) is 0 Å². The van der Waals surface area contributed by atoms with Crippen molar-refractivity contribution in [2.75, 3.05) is 0 Å². The summed E-state index contributed by atoms with van der Waals surface area (Å²) in [6, 6.07) is 5.39. The zero-order valence-electron chi connectivity index (χ0n) is 13.9. The fourth-order valence-electron chi connectivity index (χ4n) is 3.77. The first-order valence-electron chi connectivity index (χ1n) is 8.44. The molecular formula is C19H21NO4. The number of hydrogen-bond donors (Lipinski definition) is 1. The van der Waals surface area contributed by atoms with Crippen molar-refractivity contribution in [2.24, 2.45) is 11.8 Å². The van der Waals surface area contributed by atoms with Gasteiger partial charge >= 0.3 is 0 Å². The van der Waals surface area contributed by atoms with Gasteiger partial charge in [-0.2, -0.15) is 0 Å². The van der Waals surface area contributed by atoms with E-state index in [9.17, 15) is 19.2 Å². The van der Waals surface area contributed by atoms with Gasteiger partial charge in [0.2, 0.25) is 11.8 Å². The van der Waals surface area contributed by atoms with Crippen molar-refractivity contribution in [1.29, 1.82) is 0 Å². The minimum absolute atomic E-state index is 0.0457. The topological polar surface area (TPSA) is 80.3 Å². The highest BCUT2D eigenvalue weighted by Gasteiger charge is 2.41. The Hall–Kier alpha value is -2.30. The van der Waals surface area contributed by atoms with Crippen LogP contribution in [-0.4, -0.2) is 23.4 Å². The van der Waals surface area contributed by atoms with Gasteiger partial charge in [-0.25, -0.2) is 0 Å². The van der Waals surface area contributed by atoms with Gasteiger partial charge in [-0.3, -0.25) is 24.5 Å². The molecule has 0 radical (unpaired) electrons. The number of rotatable bonds is 2. The molecule has 0 saturated carbocycles. The standard InChI is InChI=1S/C19H21NO4/c1-10(2)11-4-3-5-14-15(21)8-6-12(18(23)17(11)14)13-7-9-16(22)20-19(13)24/h3-5,10,12-13H,6-9H2,1-2H3,(H,20,22,24). The zero-order valence-corrected chi connectivity index (χ0v) is 13.9. The van der Waals surface area contributed by atoms with E-state index in [0.29, 0.717) is 24.0 Å². The molecule has 5 heteroatoms. The molecule has 0 spiro atoms. The van der Waals surface area contributed by atoms with Crippen molar-refractivity contribution in [3.63, 3.8) is 0 Å². The lowest BCUT2D eigenvalue weighted by Crippen LogP contribution is -2.45.